The van der Waals surface area contributed by atoms with Gasteiger partial charge in [-0.1, -0.05) is 16.8 Å². The summed E-state index contributed by atoms with van der Waals surface area (Å²) in [6, 6.07) is 6.68. The van der Waals surface area contributed by atoms with Gasteiger partial charge in [0.2, 0.25) is 0 Å². The van der Waals surface area contributed by atoms with Gasteiger partial charge in [0.1, 0.15) is 18.1 Å². The number of aryl methyl sites for hydroxylation is 1. The Kier molecular flexibility index (Phi) is 4.76. The zero-order chi connectivity index (χ0) is 18.0. The second kappa shape index (κ2) is 6.98. The average molecular weight is 363 g/mol. The number of esters is 1. The van der Waals surface area contributed by atoms with Gasteiger partial charge >= 0.3 is 5.97 Å². The van der Waals surface area contributed by atoms with Gasteiger partial charge in [-0.05, 0) is 38.1 Å². The van der Waals surface area contributed by atoms with Crippen LogP contribution in [0.5, 0.6) is 5.75 Å². The lowest BCUT2D eigenvalue weighted by Gasteiger charge is -2.19. The monoisotopic (exact) mass is 362 g/mol. The molecule has 0 saturated carbocycles. The number of carbonyl (C=O) groups is 2. The van der Waals surface area contributed by atoms with Crippen LogP contribution in [0, 0.1) is 6.92 Å². The Labute approximate surface area is 148 Å². The number of rotatable bonds is 4. The van der Waals surface area contributed by atoms with Crippen molar-refractivity contribution in [2.45, 2.75) is 20.0 Å². The zero-order valence-corrected chi connectivity index (χ0v) is 14.3. The summed E-state index contributed by atoms with van der Waals surface area (Å²) in [6.07, 6.45) is 0.629. The number of halogens is 1. The predicted octanol–water partition coefficient (Wildman–Crippen LogP) is 2.98. The minimum atomic E-state index is -1.01. The molecule has 2 heterocycles. The number of hydrogen-bond donors (Lipinski definition) is 1. The van der Waals surface area contributed by atoms with Gasteiger partial charge in [0.05, 0.1) is 5.57 Å². The highest BCUT2D eigenvalue weighted by Gasteiger charge is 2.24. The molecule has 1 aliphatic heterocycles. The molecule has 0 unspecified atom stereocenters. The third-order valence-electron chi connectivity index (χ3n) is 3.48. The molecule has 130 valence electrons. The second-order valence-electron chi connectivity index (χ2n) is 5.50. The number of anilines is 1. The molecule has 7 nitrogen and oxygen atoms in total. The number of amides is 1. The minimum absolute atomic E-state index is 0.0598. The quantitative estimate of drug-likeness (QED) is 0.841. The number of ether oxygens (including phenoxy) is 2. The largest absolute Gasteiger partial charge is 0.488 e. The van der Waals surface area contributed by atoms with Crippen molar-refractivity contribution < 1.29 is 23.6 Å². The molecule has 1 aromatic carbocycles. The van der Waals surface area contributed by atoms with E-state index >= 15 is 0 Å². The van der Waals surface area contributed by atoms with Crippen LogP contribution < -0.4 is 10.1 Å². The van der Waals surface area contributed by atoms with Crippen LogP contribution in [-0.4, -0.2) is 29.7 Å². The first kappa shape index (κ1) is 17.0. The molecule has 1 aliphatic rings. The first-order valence-corrected chi connectivity index (χ1v) is 7.88. The van der Waals surface area contributed by atoms with E-state index in [2.05, 4.69) is 10.5 Å². The average Bonchev–Trinajstić information content (AvgIpc) is 2.98. The maximum absolute atomic E-state index is 12.2. The number of carbonyl (C=O) groups excluding carboxylic acids is 2. The van der Waals surface area contributed by atoms with E-state index in [1.807, 2.05) is 0 Å². The molecule has 1 aromatic heterocycles. The molecule has 0 aliphatic carbocycles. The fraction of sp³-hybridized carbons (Fsp3) is 0.235. The summed E-state index contributed by atoms with van der Waals surface area (Å²) in [7, 11) is 0. The molecule has 3 rings (SSSR count). The lowest BCUT2D eigenvalue weighted by atomic mass is 10.1. The molecule has 25 heavy (non-hydrogen) atoms. The van der Waals surface area contributed by atoms with Crippen LogP contribution >= 0.6 is 11.6 Å². The van der Waals surface area contributed by atoms with E-state index in [0.717, 1.165) is 0 Å². The smallest absolute Gasteiger partial charge is 0.338 e. The zero-order valence-electron chi connectivity index (χ0n) is 13.5. The number of fused-ring (bicyclic) bond motifs is 1. The van der Waals surface area contributed by atoms with Crippen molar-refractivity contribution in [3.63, 3.8) is 0 Å². The van der Waals surface area contributed by atoms with Gasteiger partial charge in [-0.25, -0.2) is 4.79 Å². The van der Waals surface area contributed by atoms with Crippen LogP contribution in [0.25, 0.3) is 6.08 Å². The first-order chi connectivity index (χ1) is 11.9. The van der Waals surface area contributed by atoms with E-state index in [1.54, 1.807) is 37.3 Å². The van der Waals surface area contributed by atoms with Gasteiger partial charge in [-0.15, -0.1) is 0 Å². The van der Waals surface area contributed by atoms with E-state index in [4.69, 9.17) is 25.6 Å². The summed E-state index contributed by atoms with van der Waals surface area (Å²) < 4.78 is 15.5. The summed E-state index contributed by atoms with van der Waals surface area (Å²) in [6.45, 7) is 3.23. The fourth-order valence-electron chi connectivity index (χ4n) is 2.21. The highest BCUT2D eigenvalue weighted by atomic mass is 35.5. The van der Waals surface area contributed by atoms with Gasteiger partial charge < -0.3 is 19.3 Å². The van der Waals surface area contributed by atoms with Crippen LogP contribution in [0.3, 0.4) is 0 Å². The SMILES string of the molecule is Cc1cc(NC(=O)[C@@H](C)OC(=O)C2=Cc3cc(Cl)ccc3OC2)no1. The topological polar surface area (TPSA) is 90.7 Å². The number of hydrogen-bond acceptors (Lipinski definition) is 6. The molecule has 8 heteroatoms. The third-order valence-corrected chi connectivity index (χ3v) is 3.71. The van der Waals surface area contributed by atoms with Crippen molar-refractivity contribution in [1.82, 2.24) is 5.16 Å². The molecule has 2 aromatic rings. The molecular formula is C17H15ClN2O5. The summed E-state index contributed by atoms with van der Waals surface area (Å²) in [4.78, 5) is 24.3. The van der Waals surface area contributed by atoms with Gasteiger partial charge in [0.15, 0.2) is 11.9 Å². The van der Waals surface area contributed by atoms with E-state index in [1.165, 1.54) is 6.92 Å². The number of benzene rings is 1. The second-order valence-corrected chi connectivity index (χ2v) is 5.94. The number of aromatic nitrogens is 1. The lowest BCUT2D eigenvalue weighted by Crippen LogP contribution is -2.31. The van der Waals surface area contributed by atoms with Crippen molar-refractivity contribution in [3.05, 3.63) is 46.2 Å². The normalized spacial score (nSPS) is 14.0. The molecule has 0 radical (unpaired) electrons. The summed E-state index contributed by atoms with van der Waals surface area (Å²) in [5.41, 5.74) is 0.979. The standard InChI is InChI=1S/C17H15ClN2O5/c1-9-5-15(20-25-9)19-16(21)10(2)24-17(22)12-6-11-7-13(18)3-4-14(11)23-8-12/h3-7,10H,8H2,1-2H3,(H,19,20,21)/t10-/m1/s1. The van der Waals surface area contributed by atoms with Crippen molar-refractivity contribution in [1.29, 1.82) is 0 Å². The van der Waals surface area contributed by atoms with Crippen LogP contribution in [-0.2, 0) is 14.3 Å². The van der Waals surface area contributed by atoms with E-state index in [9.17, 15) is 9.59 Å². The van der Waals surface area contributed by atoms with Crippen molar-refractivity contribution in [2.75, 3.05) is 11.9 Å². The Balaban J connectivity index is 1.64. The molecule has 1 amide bonds. The Morgan fingerprint density at radius 2 is 2.16 bits per heavy atom. The van der Waals surface area contributed by atoms with Crippen LogP contribution in [0.2, 0.25) is 5.02 Å². The predicted molar refractivity (Wildman–Crippen MR) is 90.3 cm³/mol. The third kappa shape index (κ3) is 4.00. The van der Waals surface area contributed by atoms with Gasteiger partial charge in [-0.2, -0.15) is 0 Å². The summed E-state index contributed by atoms with van der Waals surface area (Å²) >= 11 is 5.94. The molecule has 0 saturated heterocycles. The Bertz CT molecular complexity index is 858. The molecule has 0 spiro atoms. The molecule has 0 fully saturated rings. The summed E-state index contributed by atoms with van der Waals surface area (Å²) in [5.74, 6) is 0.302. The Hall–Kier alpha value is -2.80. The van der Waals surface area contributed by atoms with Crippen LogP contribution in [0.1, 0.15) is 18.2 Å². The van der Waals surface area contributed by atoms with Gasteiger partial charge in [-0.3, -0.25) is 4.79 Å². The van der Waals surface area contributed by atoms with Crippen LogP contribution in [0.4, 0.5) is 5.82 Å². The van der Waals surface area contributed by atoms with E-state index in [-0.39, 0.29) is 12.4 Å². The lowest BCUT2D eigenvalue weighted by molar-refractivity contribution is -0.149. The van der Waals surface area contributed by atoms with Crippen molar-refractivity contribution in [2.24, 2.45) is 0 Å². The highest BCUT2D eigenvalue weighted by molar-refractivity contribution is 6.30. The maximum Gasteiger partial charge on any atom is 0.338 e. The molecule has 0 bridgehead atoms. The van der Waals surface area contributed by atoms with Gasteiger partial charge in [0.25, 0.3) is 5.91 Å². The number of nitrogens with one attached hydrogen (secondary N) is 1. The minimum Gasteiger partial charge on any atom is -0.488 e. The molecular weight excluding hydrogens is 348 g/mol. The fourth-order valence-corrected chi connectivity index (χ4v) is 2.39. The van der Waals surface area contributed by atoms with E-state index < -0.39 is 18.0 Å². The Morgan fingerprint density at radius 3 is 2.88 bits per heavy atom. The van der Waals surface area contributed by atoms with Gasteiger partial charge in [0, 0.05) is 16.7 Å². The Morgan fingerprint density at radius 1 is 1.36 bits per heavy atom. The van der Waals surface area contributed by atoms with Crippen molar-refractivity contribution >= 4 is 35.4 Å². The van der Waals surface area contributed by atoms with Crippen LogP contribution in [0.15, 0.2) is 34.4 Å². The molecule has 1 atom stereocenters. The molecule has 1 N–H and O–H groups in total. The van der Waals surface area contributed by atoms with E-state index in [0.29, 0.717) is 27.7 Å². The summed E-state index contributed by atoms with van der Waals surface area (Å²) in [5, 5.41) is 6.69. The van der Waals surface area contributed by atoms with Crippen molar-refractivity contribution in [3.8, 4) is 5.75 Å². The highest BCUT2D eigenvalue weighted by Crippen LogP contribution is 2.29. The number of nitrogens with zero attached hydrogens (tertiary/aromatic N) is 1. The maximum atomic E-state index is 12.2. The first-order valence-electron chi connectivity index (χ1n) is 7.50.